The molecule has 1 aromatic carbocycles. The summed E-state index contributed by atoms with van der Waals surface area (Å²) in [5.41, 5.74) is 0.264. The summed E-state index contributed by atoms with van der Waals surface area (Å²) in [6.07, 6.45) is 0.523. The maximum atomic E-state index is 9.83. The summed E-state index contributed by atoms with van der Waals surface area (Å²) in [5.74, 6) is -0.900. The van der Waals surface area contributed by atoms with Gasteiger partial charge in [-0.15, -0.1) is 0 Å². The lowest BCUT2D eigenvalue weighted by Crippen LogP contribution is -1.95. The second kappa shape index (κ2) is 9.86. The fourth-order valence-electron chi connectivity index (χ4n) is 0.536. The average Bonchev–Trinajstić information content (AvgIpc) is 2.20. The molecule has 0 heterocycles. The van der Waals surface area contributed by atoms with E-state index >= 15 is 0 Å². The van der Waals surface area contributed by atoms with Crippen molar-refractivity contribution in [2.75, 3.05) is 0 Å². The molecule has 0 saturated heterocycles. The van der Waals surface area contributed by atoms with E-state index in [0.29, 0.717) is 6.42 Å². The topological polar surface area (TPSA) is 37.3 Å². The van der Waals surface area contributed by atoms with E-state index in [4.69, 9.17) is 5.11 Å². The molecule has 0 aliphatic rings. The molecule has 0 aliphatic carbocycles. The van der Waals surface area contributed by atoms with Crippen molar-refractivity contribution in [2.45, 2.75) is 13.3 Å². The zero-order valence-electron chi connectivity index (χ0n) is 8.23. The lowest BCUT2D eigenvalue weighted by Gasteiger charge is -1.87. The standard InChI is InChI=1S/C6H6.C5H8O2.H2S/c1-2-4-6-5-3-1;1-3-4(2)5(6)7;/h1-6H;2-3H2,1H3,(H,6,7);1H2. The summed E-state index contributed by atoms with van der Waals surface area (Å²) in [6.45, 7) is 5.03. The van der Waals surface area contributed by atoms with Crippen molar-refractivity contribution in [1.29, 1.82) is 0 Å². The Kier molecular flexibility index (Phi) is 10.8. The fourth-order valence-corrected chi connectivity index (χ4v) is 0.536. The van der Waals surface area contributed by atoms with Crippen LogP contribution in [0.25, 0.3) is 0 Å². The molecule has 0 bridgehead atoms. The van der Waals surface area contributed by atoms with Gasteiger partial charge in [0.25, 0.3) is 0 Å². The van der Waals surface area contributed by atoms with Gasteiger partial charge in [0.1, 0.15) is 0 Å². The van der Waals surface area contributed by atoms with Gasteiger partial charge in [-0.1, -0.05) is 49.9 Å². The monoisotopic (exact) mass is 212 g/mol. The molecular formula is C11H16O2S. The van der Waals surface area contributed by atoms with Gasteiger partial charge < -0.3 is 5.11 Å². The Morgan fingerprint density at radius 1 is 1.14 bits per heavy atom. The number of carboxylic acids is 1. The largest absolute Gasteiger partial charge is 0.478 e. The Balaban J connectivity index is 0. The molecule has 0 radical (unpaired) electrons. The molecule has 0 unspecified atom stereocenters. The van der Waals surface area contributed by atoms with Gasteiger partial charge in [0.15, 0.2) is 0 Å². The predicted molar refractivity (Wildman–Crippen MR) is 63.9 cm³/mol. The predicted octanol–water partition coefficient (Wildman–Crippen LogP) is 2.84. The lowest BCUT2D eigenvalue weighted by molar-refractivity contribution is -0.132. The van der Waals surface area contributed by atoms with Crippen molar-refractivity contribution in [1.82, 2.24) is 0 Å². The lowest BCUT2D eigenvalue weighted by atomic mass is 10.2. The van der Waals surface area contributed by atoms with E-state index in [-0.39, 0.29) is 19.1 Å². The van der Waals surface area contributed by atoms with Crippen LogP contribution in [0, 0.1) is 0 Å². The first kappa shape index (κ1) is 15.3. The quantitative estimate of drug-likeness (QED) is 0.765. The summed E-state index contributed by atoms with van der Waals surface area (Å²) in [5, 5.41) is 8.08. The van der Waals surface area contributed by atoms with E-state index in [1.54, 1.807) is 6.92 Å². The SMILES string of the molecule is C=C(CC)C(=O)O.S.c1ccccc1. The molecule has 14 heavy (non-hydrogen) atoms. The minimum absolute atomic E-state index is 0. The Labute approximate surface area is 91.7 Å². The van der Waals surface area contributed by atoms with Crippen LogP contribution in [0.2, 0.25) is 0 Å². The summed E-state index contributed by atoms with van der Waals surface area (Å²) >= 11 is 0. The number of hydrogen-bond donors (Lipinski definition) is 1. The molecule has 3 heteroatoms. The third kappa shape index (κ3) is 8.87. The molecule has 1 rings (SSSR count). The van der Waals surface area contributed by atoms with Gasteiger partial charge in [-0.3, -0.25) is 0 Å². The van der Waals surface area contributed by atoms with E-state index in [1.807, 2.05) is 36.4 Å². The van der Waals surface area contributed by atoms with Gasteiger partial charge in [0.05, 0.1) is 0 Å². The number of aliphatic carboxylic acids is 1. The van der Waals surface area contributed by atoms with E-state index in [1.165, 1.54) is 0 Å². The van der Waals surface area contributed by atoms with Crippen molar-refractivity contribution in [2.24, 2.45) is 0 Å². The Morgan fingerprint density at radius 3 is 1.50 bits per heavy atom. The molecule has 1 aromatic rings. The summed E-state index contributed by atoms with van der Waals surface area (Å²) in [7, 11) is 0. The number of rotatable bonds is 2. The van der Waals surface area contributed by atoms with Crippen LogP contribution in [0.3, 0.4) is 0 Å². The van der Waals surface area contributed by atoms with E-state index < -0.39 is 5.97 Å². The number of hydrogen-bond acceptors (Lipinski definition) is 1. The second-order valence-electron chi connectivity index (χ2n) is 2.42. The zero-order chi connectivity index (χ0) is 10.1. The third-order valence-electron chi connectivity index (χ3n) is 1.40. The van der Waals surface area contributed by atoms with Crippen molar-refractivity contribution in [3.05, 3.63) is 48.6 Å². The molecule has 1 N–H and O–H groups in total. The zero-order valence-corrected chi connectivity index (χ0v) is 9.23. The first-order valence-corrected chi connectivity index (χ1v) is 4.09. The summed E-state index contributed by atoms with van der Waals surface area (Å²) in [6, 6.07) is 12.0. The van der Waals surface area contributed by atoms with Crippen LogP contribution in [-0.2, 0) is 4.79 Å². The summed E-state index contributed by atoms with van der Waals surface area (Å²) < 4.78 is 0. The molecule has 0 aliphatic heterocycles. The molecule has 0 fully saturated rings. The molecule has 0 aromatic heterocycles. The number of benzene rings is 1. The Bertz CT molecular complexity index is 231. The van der Waals surface area contributed by atoms with Crippen molar-refractivity contribution in [3.63, 3.8) is 0 Å². The molecule has 2 nitrogen and oxygen atoms in total. The highest BCUT2D eigenvalue weighted by Gasteiger charge is 1.96. The minimum atomic E-state index is -0.900. The third-order valence-corrected chi connectivity index (χ3v) is 1.40. The molecular weight excluding hydrogens is 196 g/mol. The van der Waals surface area contributed by atoms with E-state index in [2.05, 4.69) is 6.58 Å². The van der Waals surface area contributed by atoms with Crippen LogP contribution in [-0.4, -0.2) is 11.1 Å². The van der Waals surface area contributed by atoms with Gasteiger partial charge in [0, 0.05) is 5.57 Å². The first-order chi connectivity index (χ1) is 6.18. The first-order valence-electron chi connectivity index (χ1n) is 4.09. The van der Waals surface area contributed by atoms with Crippen LogP contribution in [0.15, 0.2) is 48.6 Å². The maximum absolute atomic E-state index is 9.83. The second-order valence-corrected chi connectivity index (χ2v) is 2.42. The average molecular weight is 212 g/mol. The highest BCUT2D eigenvalue weighted by molar-refractivity contribution is 7.59. The van der Waals surface area contributed by atoms with Gasteiger partial charge >= 0.3 is 5.97 Å². The summed E-state index contributed by atoms with van der Waals surface area (Å²) in [4.78, 5) is 9.83. The maximum Gasteiger partial charge on any atom is 0.330 e. The van der Waals surface area contributed by atoms with Crippen molar-refractivity contribution < 1.29 is 9.90 Å². The fraction of sp³-hybridized carbons (Fsp3) is 0.182. The highest BCUT2D eigenvalue weighted by atomic mass is 32.1. The van der Waals surface area contributed by atoms with Crippen LogP contribution < -0.4 is 0 Å². The van der Waals surface area contributed by atoms with E-state index in [9.17, 15) is 4.79 Å². The van der Waals surface area contributed by atoms with Gasteiger partial charge in [0.2, 0.25) is 0 Å². The number of carbonyl (C=O) groups is 1. The van der Waals surface area contributed by atoms with Crippen LogP contribution in [0.4, 0.5) is 0 Å². The van der Waals surface area contributed by atoms with Crippen LogP contribution >= 0.6 is 13.5 Å². The molecule has 0 amide bonds. The highest BCUT2D eigenvalue weighted by Crippen LogP contribution is 1.93. The van der Waals surface area contributed by atoms with Crippen LogP contribution in [0.1, 0.15) is 13.3 Å². The van der Waals surface area contributed by atoms with E-state index in [0.717, 1.165) is 0 Å². The smallest absolute Gasteiger partial charge is 0.330 e. The normalized spacial score (nSPS) is 7.50. The molecule has 0 atom stereocenters. The Morgan fingerprint density at radius 2 is 1.43 bits per heavy atom. The van der Waals surface area contributed by atoms with Gasteiger partial charge in [-0.05, 0) is 6.42 Å². The molecule has 0 saturated carbocycles. The molecule has 78 valence electrons. The molecule has 0 spiro atoms. The van der Waals surface area contributed by atoms with Gasteiger partial charge in [-0.2, -0.15) is 13.5 Å². The number of carboxylic acid groups (broad SMARTS) is 1. The van der Waals surface area contributed by atoms with Gasteiger partial charge in [-0.25, -0.2) is 4.79 Å². The van der Waals surface area contributed by atoms with Crippen molar-refractivity contribution >= 4 is 19.5 Å². The van der Waals surface area contributed by atoms with Crippen LogP contribution in [0.5, 0.6) is 0 Å². The Hall–Kier alpha value is -1.22. The minimum Gasteiger partial charge on any atom is -0.478 e. The van der Waals surface area contributed by atoms with Crippen molar-refractivity contribution in [3.8, 4) is 0 Å².